The van der Waals surface area contributed by atoms with Crippen LogP contribution in [0.4, 0.5) is 0 Å². The minimum absolute atomic E-state index is 0.192. The fourth-order valence-corrected chi connectivity index (χ4v) is 2.23. The molecule has 0 atom stereocenters. The van der Waals surface area contributed by atoms with E-state index < -0.39 is 0 Å². The number of rotatable bonds is 5. The van der Waals surface area contributed by atoms with Crippen molar-refractivity contribution in [3.8, 4) is 0 Å². The SMILES string of the molecule is O=C(NCCCn1ccnc1)c1cc2ncc(Br)cn2n1. The Morgan fingerprint density at radius 3 is 3.14 bits per heavy atom. The number of carbonyl (C=O) groups excluding carboxylic acids is 1. The molecule has 0 aliphatic rings. The molecule has 0 aromatic carbocycles. The second-order valence-electron chi connectivity index (χ2n) is 4.51. The van der Waals surface area contributed by atoms with Crippen molar-refractivity contribution in [1.29, 1.82) is 0 Å². The van der Waals surface area contributed by atoms with E-state index in [1.807, 2.05) is 10.8 Å². The minimum Gasteiger partial charge on any atom is -0.351 e. The summed E-state index contributed by atoms with van der Waals surface area (Å²) < 4.78 is 4.36. The van der Waals surface area contributed by atoms with E-state index in [4.69, 9.17) is 0 Å². The van der Waals surface area contributed by atoms with Crippen LogP contribution in [0.1, 0.15) is 16.9 Å². The van der Waals surface area contributed by atoms with E-state index >= 15 is 0 Å². The Morgan fingerprint density at radius 2 is 2.33 bits per heavy atom. The highest BCUT2D eigenvalue weighted by atomic mass is 79.9. The van der Waals surface area contributed by atoms with Gasteiger partial charge in [0.25, 0.3) is 5.91 Å². The predicted molar refractivity (Wildman–Crippen MR) is 79.9 cm³/mol. The number of carbonyl (C=O) groups is 1. The molecule has 3 rings (SSSR count). The zero-order valence-electron chi connectivity index (χ0n) is 11.1. The Labute approximate surface area is 129 Å². The largest absolute Gasteiger partial charge is 0.351 e. The highest BCUT2D eigenvalue weighted by Crippen LogP contribution is 2.10. The molecule has 0 unspecified atom stereocenters. The number of nitrogens with one attached hydrogen (secondary N) is 1. The average molecular weight is 349 g/mol. The number of amides is 1. The molecule has 0 saturated carbocycles. The van der Waals surface area contributed by atoms with Crippen molar-refractivity contribution in [3.63, 3.8) is 0 Å². The third-order valence-corrected chi connectivity index (χ3v) is 3.36. The molecular formula is C13H13BrN6O. The normalized spacial score (nSPS) is 10.9. The molecule has 3 heterocycles. The summed E-state index contributed by atoms with van der Waals surface area (Å²) in [6.07, 6.45) is 9.66. The maximum Gasteiger partial charge on any atom is 0.271 e. The van der Waals surface area contributed by atoms with Gasteiger partial charge in [0.15, 0.2) is 11.3 Å². The van der Waals surface area contributed by atoms with Crippen molar-refractivity contribution >= 4 is 27.5 Å². The highest BCUT2D eigenvalue weighted by Gasteiger charge is 2.10. The monoisotopic (exact) mass is 348 g/mol. The van der Waals surface area contributed by atoms with E-state index in [0.717, 1.165) is 17.4 Å². The van der Waals surface area contributed by atoms with Crippen LogP contribution in [0, 0.1) is 0 Å². The molecule has 0 radical (unpaired) electrons. The van der Waals surface area contributed by atoms with Gasteiger partial charge in [-0.3, -0.25) is 4.79 Å². The number of nitrogens with zero attached hydrogens (tertiary/aromatic N) is 5. The molecule has 3 aromatic heterocycles. The molecule has 0 saturated heterocycles. The molecule has 3 aromatic rings. The molecule has 0 aliphatic heterocycles. The summed E-state index contributed by atoms with van der Waals surface area (Å²) in [6, 6.07) is 1.66. The van der Waals surface area contributed by atoms with Crippen LogP contribution in [0.2, 0.25) is 0 Å². The topological polar surface area (TPSA) is 77.1 Å². The van der Waals surface area contributed by atoms with Crippen molar-refractivity contribution in [2.75, 3.05) is 6.54 Å². The molecule has 0 aliphatic carbocycles. The van der Waals surface area contributed by atoms with Crippen LogP contribution in [0.15, 0.2) is 41.7 Å². The summed E-state index contributed by atoms with van der Waals surface area (Å²) in [7, 11) is 0. The Hall–Kier alpha value is -2.22. The zero-order valence-corrected chi connectivity index (χ0v) is 12.7. The number of fused-ring (bicyclic) bond motifs is 1. The third-order valence-electron chi connectivity index (χ3n) is 2.95. The molecule has 21 heavy (non-hydrogen) atoms. The Balaban J connectivity index is 1.56. The van der Waals surface area contributed by atoms with Gasteiger partial charge in [-0.1, -0.05) is 0 Å². The van der Waals surface area contributed by atoms with Crippen molar-refractivity contribution in [1.82, 2.24) is 29.5 Å². The summed E-state index contributed by atoms with van der Waals surface area (Å²) in [6.45, 7) is 1.40. The molecule has 108 valence electrons. The van der Waals surface area contributed by atoms with Crippen molar-refractivity contribution < 1.29 is 4.79 Å². The second kappa shape index (κ2) is 6.04. The van der Waals surface area contributed by atoms with E-state index in [1.165, 1.54) is 0 Å². The van der Waals surface area contributed by atoms with Gasteiger partial charge in [-0.2, -0.15) is 5.10 Å². The van der Waals surface area contributed by atoms with E-state index in [-0.39, 0.29) is 5.91 Å². The van der Waals surface area contributed by atoms with Crippen LogP contribution < -0.4 is 5.32 Å². The summed E-state index contributed by atoms with van der Waals surface area (Å²) in [4.78, 5) is 20.2. The van der Waals surface area contributed by atoms with Gasteiger partial charge in [-0.15, -0.1) is 0 Å². The first-order valence-corrected chi connectivity index (χ1v) is 7.26. The van der Waals surface area contributed by atoms with Gasteiger partial charge in [0.05, 0.1) is 10.8 Å². The van der Waals surface area contributed by atoms with Crippen LogP contribution in [-0.2, 0) is 6.54 Å². The van der Waals surface area contributed by atoms with Crippen LogP contribution in [-0.4, -0.2) is 36.6 Å². The van der Waals surface area contributed by atoms with Crippen molar-refractivity contribution in [2.45, 2.75) is 13.0 Å². The second-order valence-corrected chi connectivity index (χ2v) is 5.43. The van der Waals surface area contributed by atoms with E-state index in [9.17, 15) is 4.79 Å². The molecule has 7 nitrogen and oxygen atoms in total. The fourth-order valence-electron chi connectivity index (χ4n) is 1.94. The number of halogens is 1. The first-order valence-electron chi connectivity index (χ1n) is 6.47. The number of imidazole rings is 1. The van der Waals surface area contributed by atoms with Gasteiger partial charge in [0, 0.05) is 43.9 Å². The Bertz CT molecular complexity index is 751. The lowest BCUT2D eigenvalue weighted by molar-refractivity contribution is 0.0947. The minimum atomic E-state index is -0.192. The van der Waals surface area contributed by atoms with Crippen molar-refractivity contribution in [2.24, 2.45) is 0 Å². The van der Waals surface area contributed by atoms with E-state index in [1.54, 1.807) is 35.5 Å². The molecule has 1 N–H and O–H groups in total. The molecule has 0 spiro atoms. The zero-order chi connectivity index (χ0) is 14.7. The lowest BCUT2D eigenvalue weighted by atomic mass is 10.3. The van der Waals surface area contributed by atoms with Crippen LogP contribution in [0.5, 0.6) is 0 Å². The molecule has 8 heteroatoms. The van der Waals surface area contributed by atoms with E-state index in [0.29, 0.717) is 17.9 Å². The lowest BCUT2D eigenvalue weighted by Gasteiger charge is -2.03. The Kier molecular flexibility index (Phi) is 3.96. The van der Waals surface area contributed by atoms with Gasteiger partial charge in [-0.25, -0.2) is 14.5 Å². The summed E-state index contributed by atoms with van der Waals surface area (Å²) in [5.41, 5.74) is 1.00. The number of hydrogen-bond donors (Lipinski definition) is 1. The van der Waals surface area contributed by atoms with Crippen molar-refractivity contribution in [3.05, 3.63) is 47.3 Å². The van der Waals surface area contributed by atoms with Gasteiger partial charge in [0.2, 0.25) is 0 Å². The maximum atomic E-state index is 12.0. The summed E-state index contributed by atoms with van der Waals surface area (Å²) in [5.74, 6) is -0.192. The number of aromatic nitrogens is 5. The van der Waals surface area contributed by atoms with Crippen LogP contribution >= 0.6 is 15.9 Å². The van der Waals surface area contributed by atoms with Gasteiger partial charge in [0.1, 0.15) is 0 Å². The van der Waals surface area contributed by atoms with Crippen LogP contribution in [0.25, 0.3) is 5.65 Å². The number of hydrogen-bond acceptors (Lipinski definition) is 4. The van der Waals surface area contributed by atoms with E-state index in [2.05, 4.69) is 36.3 Å². The standard InChI is InChI=1S/C13H13BrN6O/c14-10-7-17-12-6-11(18-20(12)8-10)13(21)16-2-1-4-19-5-3-15-9-19/h3,5-9H,1-2,4H2,(H,16,21). The van der Waals surface area contributed by atoms with Crippen LogP contribution in [0.3, 0.4) is 0 Å². The summed E-state index contributed by atoms with van der Waals surface area (Å²) in [5, 5.41) is 7.05. The smallest absolute Gasteiger partial charge is 0.271 e. The maximum absolute atomic E-state index is 12.0. The Morgan fingerprint density at radius 1 is 1.43 bits per heavy atom. The molecular weight excluding hydrogens is 336 g/mol. The fraction of sp³-hybridized carbons (Fsp3) is 0.231. The number of aryl methyl sites for hydroxylation is 1. The molecule has 0 bridgehead atoms. The first-order chi connectivity index (χ1) is 10.2. The lowest BCUT2D eigenvalue weighted by Crippen LogP contribution is -2.25. The quantitative estimate of drug-likeness (QED) is 0.709. The van der Waals surface area contributed by atoms with Gasteiger partial charge >= 0.3 is 0 Å². The molecule has 0 fully saturated rings. The van der Waals surface area contributed by atoms with Gasteiger partial charge < -0.3 is 9.88 Å². The first kappa shape index (κ1) is 13.7. The summed E-state index contributed by atoms with van der Waals surface area (Å²) >= 11 is 3.32. The van der Waals surface area contributed by atoms with Gasteiger partial charge in [-0.05, 0) is 22.4 Å². The molecule has 1 amide bonds. The highest BCUT2D eigenvalue weighted by molar-refractivity contribution is 9.10. The third kappa shape index (κ3) is 3.27. The average Bonchev–Trinajstić information content (AvgIpc) is 3.11. The predicted octanol–water partition coefficient (Wildman–Crippen LogP) is 1.51.